The maximum absolute atomic E-state index is 12.0. The Morgan fingerprint density at radius 2 is 1.78 bits per heavy atom. The van der Waals surface area contributed by atoms with E-state index in [1.165, 1.54) is 0 Å². The first-order valence-corrected chi connectivity index (χ1v) is 10.9. The average Bonchev–Trinajstić information content (AvgIpc) is 2.94. The number of nitrogens with zero attached hydrogens (tertiary/aromatic N) is 1. The van der Waals surface area contributed by atoms with E-state index in [1.807, 2.05) is 0 Å². The third-order valence-corrected chi connectivity index (χ3v) is 4.70. The van der Waals surface area contributed by atoms with Crippen molar-refractivity contribution in [3.8, 4) is 0 Å². The van der Waals surface area contributed by atoms with E-state index in [0.717, 1.165) is 23.6 Å². The zero-order valence-corrected chi connectivity index (χ0v) is 16.7. The molecule has 3 N–H and O–H groups in total. The second-order valence-corrected chi connectivity index (χ2v) is 8.55. The van der Waals surface area contributed by atoms with Crippen LogP contribution in [-0.4, -0.2) is 43.2 Å². The number of hydrogen-bond acceptors (Lipinski definition) is 7. The molecule has 0 aliphatic carbocycles. The number of carbonyl (C=O) groups is 2. The summed E-state index contributed by atoms with van der Waals surface area (Å²) >= 11 is 1.14. The quantitative estimate of drug-likeness (QED) is 0.604. The van der Waals surface area contributed by atoms with Crippen LogP contribution in [0.2, 0.25) is 0 Å². The molecule has 27 heavy (non-hydrogen) atoms. The molecule has 2 aromatic rings. The number of rotatable bonds is 8. The van der Waals surface area contributed by atoms with E-state index in [-0.39, 0.29) is 23.3 Å². The maximum atomic E-state index is 12.0. The van der Waals surface area contributed by atoms with Gasteiger partial charge in [-0.1, -0.05) is 11.2 Å². The highest BCUT2D eigenvalue weighted by Gasteiger charge is 2.10. The van der Waals surface area contributed by atoms with Gasteiger partial charge in [0, 0.05) is 11.8 Å². The molecule has 1 aromatic carbocycles. The lowest BCUT2D eigenvalue weighted by atomic mass is 10.2. The normalized spacial score (nSPS) is 11.1. The zero-order valence-electron chi connectivity index (χ0n) is 15.0. The molecule has 1 heterocycles. The van der Waals surface area contributed by atoms with E-state index in [0.29, 0.717) is 23.0 Å². The first-order chi connectivity index (χ1) is 12.6. The van der Waals surface area contributed by atoms with Gasteiger partial charge in [0.05, 0.1) is 23.4 Å². The summed E-state index contributed by atoms with van der Waals surface area (Å²) in [6.07, 6.45) is 1.06. The third-order valence-electron chi connectivity index (χ3n) is 3.18. The predicted molar refractivity (Wildman–Crippen MR) is 105 cm³/mol. The Morgan fingerprint density at radius 3 is 2.37 bits per heavy atom. The fourth-order valence-electron chi connectivity index (χ4n) is 2.05. The molecule has 2 amide bonds. The molecule has 11 heteroatoms. The summed E-state index contributed by atoms with van der Waals surface area (Å²) < 4.78 is 30.0. The number of benzene rings is 1. The number of nitrogens with one attached hydrogen (secondary N) is 3. The van der Waals surface area contributed by atoms with Crippen LogP contribution in [0.1, 0.15) is 11.3 Å². The van der Waals surface area contributed by atoms with Gasteiger partial charge in [0.1, 0.15) is 5.76 Å². The van der Waals surface area contributed by atoms with Crippen LogP contribution in [0.25, 0.3) is 0 Å². The van der Waals surface area contributed by atoms with Crippen LogP contribution < -0.4 is 15.4 Å². The molecule has 0 aliphatic heterocycles. The molecule has 0 spiro atoms. The molecule has 0 aliphatic rings. The van der Waals surface area contributed by atoms with Crippen molar-refractivity contribution in [2.75, 3.05) is 33.1 Å². The van der Waals surface area contributed by atoms with Gasteiger partial charge in [-0.25, -0.2) is 8.42 Å². The smallest absolute Gasteiger partial charge is 0.235 e. The van der Waals surface area contributed by atoms with Gasteiger partial charge in [0.15, 0.2) is 5.82 Å². The van der Waals surface area contributed by atoms with Gasteiger partial charge in [0.25, 0.3) is 0 Å². The summed E-state index contributed by atoms with van der Waals surface area (Å²) in [6, 6.07) is 6.50. The molecule has 0 saturated carbocycles. The minimum Gasteiger partial charge on any atom is -0.360 e. The largest absolute Gasteiger partial charge is 0.360 e. The second kappa shape index (κ2) is 8.91. The van der Waals surface area contributed by atoms with E-state index in [9.17, 15) is 18.0 Å². The molecule has 1 aromatic heterocycles. The molecule has 9 nitrogen and oxygen atoms in total. The highest BCUT2D eigenvalue weighted by atomic mass is 32.2. The van der Waals surface area contributed by atoms with Crippen LogP contribution in [0.15, 0.2) is 28.8 Å². The zero-order chi connectivity index (χ0) is 20.0. The molecular weight excluding hydrogens is 392 g/mol. The number of hydrogen-bond donors (Lipinski definition) is 3. The SMILES string of the molecule is Cc1cc(NC(=O)CSCC(=O)Nc2ccc(C)c(NS(C)(=O)=O)c2)no1. The Labute approximate surface area is 161 Å². The van der Waals surface area contributed by atoms with Crippen LogP contribution in [0.5, 0.6) is 0 Å². The summed E-state index contributed by atoms with van der Waals surface area (Å²) in [6.45, 7) is 3.47. The Bertz CT molecular complexity index is 940. The number of thioether (sulfide) groups is 1. The summed E-state index contributed by atoms with van der Waals surface area (Å²) in [5.74, 6) is 0.450. The number of carbonyl (C=O) groups excluding carboxylic acids is 2. The minimum absolute atomic E-state index is 0.0635. The first kappa shape index (κ1) is 20.8. The van der Waals surface area contributed by atoms with Crippen LogP contribution in [0.4, 0.5) is 17.2 Å². The lowest BCUT2D eigenvalue weighted by Gasteiger charge is -2.11. The minimum atomic E-state index is -3.42. The Hall–Kier alpha value is -2.53. The lowest BCUT2D eigenvalue weighted by Crippen LogP contribution is -2.18. The fourth-order valence-corrected chi connectivity index (χ4v) is 3.28. The van der Waals surface area contributed by atoms with E-state index in [4.69, 9.17) is 4.52 Å². The number of aromatic nitrogens is 1. The molecule has 0 radical (unpaired) electrons. The summed E-state index contributed by atoms with van der Waals surface area (Å²) in [7, 11) is -3.42. The standard InChI is InChI=1S/C16H20N4O5S2/c1-10-4-5-12(7-13(10)20-27(3,23)24)17-15(21)8-26-9-16(22)18-14-6-11(2)25-19-14/h4-7,20H,8-9H2,1-3H3,(H,17,21)(H,18,19,22). The first-order valence-electron chi connectivity index (χ1n) is 7.81. The third kappa shape index (κ3) is 7.31. The summed E-state index contributed by atoms with van der Waals surface area (Å²) in [5.41, 5.74) is 1.58. The Balaban J connectivity index is 1.81. The molecule has 0 atom stereocenters. The second-order valence-electron chi connectivity index (χ2n) is 5.82. The summed E-state index contributed by atoms with van der Waals surface area (Å²) in [5, 5.41) is 8.88. The number of amides is 2. The molecule has 146 valence electrons. The topological polar surface area (TPSA) is 130 Å². The van der Waals surface area contributed by atoms with Gasteiger partial charge in [0.2, 0.25) is 21.8 Å². The molecule has 2 rings (SSSR count). The van der Waals surface area contributed by atoms with Gasteiger partial charge in [-0.15, -0.1) is 11.8 Å². The van der Waals surface area contributed by atoms with Crippen LogP contribution >= 0.6 is 11.8 Å². The van der Waals surface area contributed by atoms with Gasteiger partial charge >= 0.3 is 0 Å². The van der Waals surface area contributed by atoms with Crippen LogP contribution in [0, 0.1) is 13.8 Å². The molecule has 0 saturated heterocycles. The van der Waals surface area contributed by atoms with Crippen molar-refractivity contribution in [1.82, 2.24) is 5.16 Å². The van der Waals surface area contributed by atoms with Crippen molar-refractivity contribution in [3.05, 3.63) is 35.6 Å². The molecule has 0 bridgehead atoms. The highest BCUT2D eigenvalue weighted by molar-refractivity contribution is 8.00. The van der Waals surface area contributed by atoms with Gasteiger partial charge in [-0.3, -0.25) is 14.3 Å². The van der Waals surface area contributed by atoms with E-state index in [1.54, 1.807) is 38.1 Å². The monoisotopic (exact) mass is 412 g/mol. The van der Waals surface area contributed by atoms with Crippen molar-refractivity contribution < 1.29 is 22.5 Å². The number of anilines is 3. The fraction of sp³-hybridized carbons (Fsp3) is 0.312. The van der Waals surface area contributed by atoms with Gasteiger partial charge < -0.3 is 15.2 Å². The van der Waals surface area contributed by atoms with E-state index >= 15 is 0 Å². The van der Waals surface area contributed by atoms with Crippen LogP contribution in [-0.2, 0) is 19.6 Å². The van der Waals surface area contributed by atoms with Gasteiger partial charge in [-0.05, 0) is 31.5 Å². The highest BCUT2D eigenvalue weighted by Crippen LogP contribution is 2.21. The van der Waals surface area contributed by atoms with Gasteiger partial charge in [-0.2, -0.15) is 0 Å². The van der Waals surface area contributed by atoms with Crippen molar-refractivity contribution in [1.29, 1.82) is 0 Å². The van der Waals surface area contributed by atoms with Crippen molar-refractivity contribution in [2.45, 2.75) is 13.8 Å². The summed E-state index contributed by atoms with van der Waals surface area (Å²) in [4.78, 5) is 23.8. The number of aryl methyl sites for hydroxylation is 2. The Morgan fingerprint density at radius 1 is 1.11 bits per heavy atom. The van der Waals surface area contributed by atoms with E-state index < -0.39 is 10.0 Å². The average molecular weight is 412 g/mol. The van der Waals surface area contributed by atoms with Crippen molar-refractivity contribution >= 4 is 50.8 Å². The van der Waals surface area contributed by atoms with Crippen molar-refractivity contribution in [3.63, 3.8) is 0 Å². The molecular formula is C16H20N4O5S2. The van der Waals surface area contributed by atoms with Crippen LogP contribution in [0.3, 0.4) is 0 Å². The lowest BCUT2D eigenvalue weighted by molar-refractivity contribution is -0.114. The van der Waals surface area contributed by atoms with Crippen molar-refractivity contribution in [2.24, 2.45) is 0 Å². The maximum Gasteiger partial charge on any atom is 0.235 e. The Kier molecular flexibility index (Phi) is 6.86. The number of sulfonamides is 1. The molecule has 0 fully saturated rings. The predicted octanol–water partition coefficient (Wildman–Crippen LogP) is 1.97. The molecule has 0 unspecified atom stereocenters. The van der Waals surface area contributed by atoms with E-state index in [2.05, 4.69) is 20.5 Å².